The second-order valence-electron chi connectivity index (χ2n) is 3.40. The summed E-state index contributed by atoms with van der Waals surface area (Å²) in [6, 6.07) is 7.18. The van der Waals surface area contributed by atoms with Gasteiger partial charge < -0.3 is 5.11 Å². The van der Waals surface area contributed by atoms with Gasteiger partial charge in [0.1, 0.15) is 6.10 Å². The Kier molecular flexibility index (Phi) is 2.75. The minimum Gasteiger partial charge on any atom is -0.384 e. The molecular formula is C11H11ClN2O. The Balaban J connectivity index is 2.32. The van der Waals surface area contributed by atoms with Gasteiger partial charge in [-0.3, -0.25) is 4.68 Å². The van der Waals surface area contributed by atoms with Crippen molar-refractivity contribution in [3.05, 3.63) is 52.8 Å². The normalized spacial score (nSPS) is 12.7. The molecule has 15 heavy (non-hydrogen) atoms. The third-order valence-electron chi connectivity index (χ3n) is 2.20. The summed E-state index contributed by atoms with van der Waals surface area (Å²) in [5.41, 5.74) is 1.54. The SMILES string of the molecule is Cn1cc(C(O)c2cccc(Cl)c2)cn1. The van der Waals surface area contributed by atoms with E-state index in [9.17, 15) is 5.11 Å². The van der Waals surface area contributed by atoms with Gasteiger partial charge in [-0.15, -0.1) is 0 Å². The summed E-state index contributed by atoms with van der Waals surface area (Å²) < 4.78 is 1.66. The maximum atomic E-state index is 10.0. The largest absolute Gasteiger partial charge is 0.384 e. The molecule has 0 amide bonds. The molecule has 0 spiro atoms. The highest BCUT2D eigenvalue weighted by atomic mass is 35.5. The van der Waals surface area contributed by atoms with Crippen molar-refractivity contribution in [3.63, 3.8) is 0 Å². The molecule has 1 N–H and O–H groups in total. The van der Waals surface area contributed by atoms with Gasteiger partial charge in [-0.05, 0) is 17.7 Å². The van der Waals surface area contributed by atoms with E-state index in [1.165, 1.54) is 0 Å². The number of aliphatic hydroxyl groups excluding tert-OH is 1. The van der Waals surface area contributed by atoms with E-state index in [0.29, 0.717) is 5.02 Å². The minimum atomic E-state index is -0.669. The van der Waals surface area contributed by atoms with Crippen LogP contribution in [0.5, 0.6) is 0 Å². The molecule has 0 radical (unpaired) electrons. The van der Waals surface area contributed by atoms with Crippen LogP contribution in [-0.4, -0.2) is 14.9 Å². The molecule has 0 saturated carbocycles. The first kappa shape index (κ1) is 10.2. The predicted molar refractivity (Wildman–Crippen MR) is 58.7 cm³/mol. The maximum Gasteiger partial charge on any atom is 0.107 e. The summed E-state index contributed by atoms with van der Waals surface area (Å²) in [6.07, 6.45) is 2.76. The van der Waals surface area contributed by atoms with Gasteiger partial charge in [0, 0.05) is 23.8 Å². The molecule has 3 nitrogen and oxygen atoms in total. The van der Waals surface area contributed by atoms with Gasteiger partial charge in [-0.2, -0.15) is 5.10 Å². The van der Waals surface area contributed by atoms with Gasteiger partial charge in [0.25, 0.3) is 0 Å². The zero-order valence-corrected chi connectivity index (χ0v) is 9.02. The molecule has 2 aromatic rings. The van der Waals surface area contributed by atoms with Crippen molar-refractivity contribution >= 4 is 11.6 Å². The topological polar surface area (TPSA) is 38.0 Å². The van der Waals surface area contributed by atoms with E-state index in [0.717, 1.165) is 11.1 Å². The number of benzene rings is 1. The van der Waals surface area contributed by atoms with Crippen molar-refractivity contribution in [1.82, 2.24) is 9.78 Å². The second-order valence-corrected chi connectivity index (χ2v) is 3.84. The van der Waals surface area contributed by atoms with Crippen LogP contribution in [0.15, 0.2) is 36.7 Å². The summed E-state index contributed by atoms with van der Waals surface area (Å²) in [5, 5.41) is 14.6. The van der Waals surface area contributed by atoms with Crippen LogP contribution < -0.4 is 0 Å². The molecule has 1 unspecified atom stereocenters. The summed E-state index contributed by atoms with van der Waals surface area (Å²) in [4.78, 5) is 0. The van der Waals surface area contributed by atoms with Gasteiger partial charge in [-0.25, -0.2) is 0 Å². The van der Waals surface area contributed by atoms with Crippen molar-refractivity contribution in [3.8, 4) is 0 Å². The lowest BCUT2D eigenvalue weighted by Crippen LogP contribution is -1.97. The van der Waals surface area contributed by atoms with Crippen LogP contribution in [0.3, 0.4) is 0 Å². The van der Waals surface area contributed by atoms with E-state index < -0.39 is 6.10 Å². The molecule has 1 heterocycles. The first-order valence-corrected chi connectivity index (χ1v) is 4.96. The van der Waals surface area contributed by atoms with E-state index >= 15 is 0 Å². The van der Waals surface area contributed by atoms with Crippen LogP contribution in [0.25, 0.3) is 0 Å². The van der Waals surface area contributed by atoms with Gasteiger partial charge in [0.15, 0.2) is 0 Å². The van der Waals surface area contributed by atoms with E-state index in [4.69, 9.17) is 11.6 Å². The average Bonchev–Trinajstić information content (AvgIpc) is 2.64. The molecule has 4 heteroatoms. The third-order valence-corrected chi connectivity index (χ3v) is 2.44. The molecule has 0 saturated heterocycles. The number of aromatic nitrogens is 2. The number of hydrogen-bond donors (Lipinski definition) is 1. The smallest absolute Gasteiger partial charge is 0.107 e. The first-order valence-electron chi connectivity index (χ1n) is 4.59. The van der Waals surface area contributed by atoms with Crippen LogP contribution >= 0.6 is 11.6 Å². The van der Waals surface area contributed by atoms with Gasteiger partial charge >= 0.3 is 0 Å². The number of aliphatic hydroxyl groups is 1. The standard InChI is InChI=1S/C11H11ClN2O/c1-14-7-9(6-13-14)11(15)8-3-2-4-10(12)5-8/h2-7,11,15H,1H3. The number of rotatable bonds is 2. The number of halogens is 1. The van der Waals surface area contributed by atoms with Crippen LogP contribution in [0.1, 0.15) is 17.2 Å². The Morgan fingerprint density at radius 1 is 1.40 bits per heavy atom. The summed E-state index contributed by atoms with van der Waals surface area (Å²) in [5.74, 6) is 0. The summed E-state index contributed by atoms with van der Waals surface area (Å²) in [6.45, 7) is 0. The Labute approximate surface area is 92.9 Å². The molecule has 1 aromatic carbocycles. The van der Waals surface area contributed by atoms with Crippen molar-refractivity contribution < 1.29 is 5.11 Å². The van der Waals surface area contributed by atoms with Crippen molar-refractivity contribution in [1.29, 1.82) is 0 Å². The molecule has 78 valence electrons. The fourth-order valence-electron chi connectivity index (χ4n) is 1.45. The summed E-state index contributed by atoms with van der Waals surface area (Å²) >= 11 is 5.85. The highest BCUT2D eigenvalue weighted by Crippen LogP contribution is 2.23. The van der Waals surface area contributed by atoms with Crippen LogP contribution in [0.4, 0.5) is 0 Å². The van der Waals surface area contributed by atoms with Gasteiger partial charge in [0.05, 0.1) is 6.20 Å². The van der Waals surface area contributed by atoms with Crippen LogP contribution in [-0.2, 0) is 7.05 Å². The molecular weight excluding hydrogens is 212 g/mol. The zero-order valence-electron chi connectivity index (χ0n) is 8.26. The molecule has 0 aliphatic heterocycles. The minimum absolute atomic E-state index is 0.621. The second kappa shape index (κ2) is 4.04. The molecule has 0 bridgehead atoms. The fraction of sp³-hybridized carbons (Fsp3) is 0.182. The van der Waals surface area contributed by atoms with Gasteiger partial charge in [0.2, 0.25) is 0 Å². The monoisotopic (exact) mass is 222 g/mol. The molecule has 0 aliphatic rings. The Morgan fingerprint density at radius 2 is 2.20 bits per heavy atom. The predicted octanol–water partition coefficient (Wildman–Crippen LogP) is 2.16. The third kappa shape index (κ3) is 2.19. The van der Waals surface area contributed by atoms with Crippen molar-refractivity contribution in [2.45, 2.75) is 6.10 Å². The van der Waals surface area contributed by atoms with Crippen molar-refractivity contribution in [2.75, 3.05) is 0 Å². The Bertz CT molecular complexity index is 467. The van der Waals surface area contributed by atoms with E-state index in [1.807, 2.05) is 19.2 Å². The molecule has 1 atom stereocenters. The lowest BCUT2D eigenvalue weighted by molar-refractivity contribution is 0.220. The fourth-order valence-corrected chi connectivity index (χ4v) is 1.65. The zero-order chi connectivity index (χ0) is 10.8. The van der Waals surface area contributed by atoms with Crippen molar-refractivity contribution in [2.24, 2.45) is 7.05 Å². The molecule has 0 aliphatic carbocycles. The number of nitrogens with zero attached hydrogens (tertiary/aromatic N) is 2. The number of hydrogen-bond acceptors (Lipinski definition) is 2. The first-order chi connectivity index (χ1) is 7.16. The Hall–Kier alpha value is -1.32. The van der Waals surface area contributed by atoms with Crippen LogP contribution in [0.2, 0.25) is 5.02 Å². The highest BCUT2D eigenvalue weighted by Gasteiger charge is 2.11. The van der Waals surface area contributed by atoms with E-state index in [2.05, 4.69) is 5.10 Å². The van der Waals surface area contributed by atoms with Crippen LogP contribution in [0, 0.1) is 0 Å². The highest BCUT2D eigenvalue weighted by molar-refractivity contribution is 6.30. The van der Waals surface area contributed by atoms with E-state index in [1.54, 1.807) is 29.2 Å². The molecule has 1 aromatic heterocycles. The quantitative estimate of drug-likeness (QED) is 0.846. The number of aryl methyl sites for hydroxylation is 1. The van der Waals surface area contributed by atoms with Gasteiger partial charge in [-0.1, -0.05) is 23.7 Å². The maximum absolute atomic E-state index is 10.0. The van der Waals surface area contributed by atoms with E-state index in [-0.39, 0.29) is 0 Å². The lowest BCUT2D eigenvalue weighted by Gasteiger charge is -2.08. The molecule has 0 fully saturated rings. The average molecular weight is 223 g/mol. The Morgan fingerprint density at radius 3 is 2.80 bits per heavy atom. The summed E-state index contributed by atoms with van der Waals surface area (Å²) in [7, 11) is 1.81. The molecule has 2 rings (SSSR count). The lowest BCUT2D eigenvalue weighted by atomic mass is 10.1.